The molecule has 2 N–H and O–H groups in total. The number of oxazole rings is 1. The van der Waals surface area contributed by atoms with Crippen LogP contribution in [0.1, 0.15) is 28.9 Å². The zero-order valence-electron chi connectivity index (χ0n) is 19.8. The highest BCUT2D eigenvalue weighted by Crippen LogP contribution is 2.27. The lowest BCUT2D eigenvalue weighted by Gasteiger charge is -2.22. The van der Waals surface area contributed by atoms with Gasteiger partial charge in [0, 0.05) is 36.1 Å². The van der Waals surface area contributed by atoms with Crippen molar-refractivity contribution in [3.05, 3.63) is 77.3 Å². The SMILES string of the molecule is O=C(O)c1csc(SCCN2C(=O)CC[C@@H]2C=C[C@@H](O)Cc2cccc(-c3nc4ccccc4o3)c2)n1. The van der Waals surface area contributed by atoms with E-state index in [0.717, 1.165) is 22.2 Å². The van der Waals surface area contributed by atoms with Crippen LogP contribution in [-0.2, 0) is 11.2 Å². The van der Waals surface area contributed by atoms with Crippen LogP contribution in [0.3, 0.4) is 0 Å². The van der Waals surface area contributed by atoms with Crippen molar-refractivity contribution in [2.45, 2.75) is 35.7 Å². The number of benzene rings is 2. The normalized spacial score (nSPS) is 16.7. The Balaban J connectivity index is 1.17. The number of carbonyl (C=O) groups excluding carboxylic acids is 1. The minimum atomic E-state index is -1.04. The molecule has 2 aromatic heterocycles. The van der Waals surface area contributed by atoms with E-state index >= 15 is 0 Å². The molecule has 1 aliphatic heterocycles. The van der Waals surface area contributed by atoms with Crippen LogP contribution in [0.5, 0.6) is 0 Å². The maximum absolute atomic E-state index is 12.4. The predicted molar refractivity (Wildman–Crippen MR) is 143 cm³/mol. The third-order valence-corrected chi connectivity index (χ3v) is 8.10. The van der Waals surface area contributed by atoms with Gasteiger partial charge >= 0.3 is 5.97 Å². The average Bonchev–Trinajstić information content (AvgIpc) is 3.62. The third kappa shape index (κ3) is 6.10. The second kappa shape index (κ2) is 11.3. The van der Waals surface area contributed by atoms with Crippen molar-refractivity contribution in [2.75, 3.05) is 12.3 Å². The molecule has 8 nitrogen and oxygen atoms in total. The zero-order chi connectivity index (χ0) is 25.8. The number of para-hydroxylation sites is 2. The summed E-state index contributed by atoms with van der Waals surface area (Å²) in [6, 6.07) is 15.3. The number of aromatic carboxylic acids is 1. The Labute approximate surface area is 221 Å². The zero-order valence-corrected chi connectivity index (χ0v) is 21.5. The van der Waals surface area contributed by atoms with Crippen molar-refractivity contribution in [1.82, 2.24) is 14.9 Å². The molecule has 2 aromatic carbocycles. The number of hydrogen-bond acceptors (Lipinski definition) is 8. The summed E-state index contributed by atoms with van der Waals surface area (Å²) in [6.07, 6.45) is 4.59. The fourth-order valence-corrected chi connectivity index (χ4v) is 6.10. The molecule has 1 saturated heterocycles. The summed E-state index contributed by atoms with van der Waals surface area (Å²) in [4.78, 5) is 33.8. The number of fused-ring (bicyclic) bond motifs is 1. The van der Waals surface area contributed by atoms with Crippen molar-refractivity contribution in [1.29, 1.82) is 0 Å². The number of carboxylic acid groups (broad SMARTS) is 1. The van der Waals surface area contributed by atoms with Gasteiger partial charge in [0.1, 0.15) is 5.52 Å². The van der Waals surface area contributed by atoms with Gasteiger partial charge in [0.2, 0.25) is 11.8 Å². The quantitative estimate of drug-likeness (QED) is 0.218. The summed E-state index contributed by atoms with van der Waals surface area (Å²) in [5.41, 5.74) is 3.38. The third-order valence-electron chi connectivity index (χ3n) is 6.10. The summed E-state index contributed by atoms with van der Waals surface area (Å²) in [5, 5.41) is 21.2. The highest BCUT2D eigenvalue weighted by atomic mass is 32.2. The highest BCUT2D eigenvalue weighted by molar-refractivity contribution is 8.01. The van der Waals surface area contributed by atoms with Crippen molar-refractivity contribution < 1.29 is 24.2 Å². The second-order valence-electron chi connectivity index (χ2n) is 8.69. The molecular formula is C27H25N3O5S2. The Morgan fingerprint density at radius 2 is 2.11 bits per heavy atom. The predicted octanol–water partition coefficient (Wildman–Crippen LogP) is 4.89. The number of nitrogens with zero attached hydrogens (tertiary/aromatic N) is 3. The Kier molecular flexibility index (Phi) is 7.68. The van der Waals surface area contributed by atoms with Crippen LogP contribution in [0.2, 0.25) is 0 Å². The molecule has 2 atom stereocenters. The molecule has 0 spiro atoms. The molecule has 10 heteroatoms. The molecule has 0 bridgehead atoms. The van der Waals surface area contributed by atoms with E-state index in [2.05, 4.69) is 9.97 Å². The minimum Gasteiger partial charge on any atom is -0.476 e. The smallest absolute Gasteiger partial charge is 0.355 e. The van der Waals surface area contributed by atoms with Crippen LogP contribution in [0.25, 0.3) is 22.6 Å². The maximum atomic E-state index is 12.4. The van der Waals surface area contributed by atoms with Gasteiger partial charge in [-0.2, -0.15) is 0 Å². The number of thioether (sulfide) groups is 1. The van der Waals surface area contributed by atoms with E-state index in [1.807, 2.05) is 59.5 Å². The molecule has 0 radical (unpaired) electrons. The number of aliphatic hydroxyl groups excluding tert-OH is 1. The Morgan fingerprint density at radius 3 is 2.92 bits per heavy atom. The average molecular weight is 536 g/mol. The first-order valence-electron chi connectivity index (χ1n) is 11.9. The maximum Gasteiger partial charge on any atom is 0.355 e. The van der Waals surface area contributed by atoms with Gasteiger partial charge < -0.3 is 19.5 Å². The number of hydrogen-bond donors (Lipinski definition) is 2. The van der Waals surface area contributed by atoms with E-state index in [1.165, 1.54) is 28.5 Å². The molecule has 4 aromatic rings. The van der Waals surface area contributed by atoms with Crippen LogP contribution in [0.15, 0.2) is 74.8 Å². The summed E-state index contributed by atoms with van der Waals surface area (Å²) >= 11 is 2.73. The van der Waals surface area contributed by atoms with Gasteiger partial charge in [0.25, 0.3) is 0 Å². The lowest BCUT2D eigenvalue weighted by atomic mass is 10.0. The van der Waals surface area contributed by atoms with Gasteiger partial charge in [0.15, 0.2) is 15.6 Å². The first kappa shape index (κ1) is 25.2. The van der Waals surface area contributed by atoms with Crippen LogP contribution in [0.4, 0.5) is 0 Å². The molecule has 1 amide bonds. The summed E-state index contributed by atoms with van der Waals surface area (Å²) in [5.74, 6) is 0.206. The lowest BCUT2D eigenvalue weighted by molar-refractivity contribution is -0.128. The Bertz CT molecular complexity index is 1410. The molecule has 0 saturated carbocycles. The van der Waals surface area contributed by atoms with E-state index in [4.69, 9.17) is 9.52 Å². The molecule has 5 rings (SSSR count). The number of carbonyl (C=O) groups is 2. The van der Waals surface area contributed by atoms with Crippen LogP contribution < -0.4 is 0 Å². The fraction of sp³-hybridized carbons (Fsp3) is 0.259. The van der Waals surface area contributed by atoms with Crippen LogP contribution >= 0.6 is 23.1 Å². The molecular weight excluding hydrogens is 510 g/mol. The van der Waals surface area contributed by atoms with Crippen molar-refractivity contribution >= 4 is 46.1 Å². The number of rotatable bonds is 10. The number of aliphatic hydroxyl groups is 1. The van der Waals surface area contributed by atoms with E-state index in [1.54, 1.807) is 6.08 Å². The largest absolute Gasteiger partial charge is 0.476 e. The highest BCUT2D eigenvalue weighted by Gasteiger charge is 2.28. The van der Waals surface area contributed by atoms with Crippen LogP contribution in [-0.4, -0.2) is 61.4 Å². The molecule has 3 heterocycles. The molecule has 37 heavy (non-hydrogen) atoms. The Morgan fingerprint density at radius 1 is 1.24 bits per heavy atom. The molecule has 0 unspecified atom stereocenters. The van der Waals surface area contributed by atoms with Gasteiger partial charge in [-0.05, 0) is 36.2 Å². The molecule has 1 aliphatic rings. The number of likely N-dealkylation sites (tertiary alicyclic amines) is 1. The summed E-state index contributed by atoms with van der Waals surface area (Å²) in [6.45, 7) is 0.531. The number of carboxylic acids is 1. The van der Waals surface area contributed by atoms with Crippen LogP contribution in [0, 0.1) is 0 Å². The number of aromatic nitrogens is 2. The van der Waals surface area contributed by atoms with E-state index in [0.29, 0.717) is 41.8 Å². The first-order chi connectivity index (χ1) is 18.0. The minimum absolute atomic E-state index is 0.0407. The van der Waals surface area contributed by atoms with Crippen molar-refractivity contribution in [3.8, 4) is 11.5 Å². The summed E-state index contributed by atoms with van der Waals surface area (Å²) in [7, 11) is 0. The van der Waals surface area contributed by atoms with Crippen molar-refractivity contribution in [3.63, 3.8) is 0 Å². The van der Waals surface area contributed by atoms with E-state index in [-0.39, 0.29) is 17.6 Å². The van der Waals surface area contributed by atoms with Gasteiger partial charge in [-0.25, -0.2) is 14.8 Å². The van der Waals surface area contributed by atoms with E-state index < -0.39 is 12.1 Å². The lowest BCUT2D eigenvalue weighted by Crippen LogP contribution is -2.33. The standard InChI is InChI=1S/C27H25N3O5S2/c31-20(15-17-4-3-5-18(14-17)25-28-21-6-1-2-7-23(21)35-25)10-8-19-9-11-24(32)30(19)12-13-36-27-29-22(16-37-27)26(33)34/h1-8,10,14,16,19-20,31H,9,11-13,15H2,(H,33,34)/t19-,20+/m0/s1. The van der Waals surface area contributed by atoms with E-state index in [9.17, 15) is 14.7 Å². The topological polar surface area (TPSA) is 117 Å². The molecule has 1 fully saturated rings. The monoisotopic (exact) mass is 535 g/mol. The molecule has 190 valence electrons. The van der Waals surface area contributed by atoms with Crippen molar-refractivity contribution in [2.24, 2.45) is 0 Å². The molecule has 0 aliphatic carbocycles. The number of thiazole rings is 1. The van der Waals surface area contributed by atoms with Gasteiger partial charge in [-0.1, -0.05) is 48.2 Å². The van der Waals surface area contributed by atoms with Gasteiger partial charge in [0.05, 0.1) is 12.1 Å². The van der Waals surface area contributed by atoms with Gasteiger partial charge in [-0.3, -0.25) is 4.79 Å². The summed E-state index contributed by atoms with van der Waals surface area (Å²) < 4.78 is 6.54. The Hall–Kier alpha value is -3.47. The number of amides is 1. The van der Waals surface area contributed by atoms with Gasteiger partial charge in [-0.15, -0.1) is 11.3 Å². The second-order valence-corrected chi connectivity index (χ2v) is 10.9. The first-order valence-corrected chi connectivity index (χ1v) is 13.7. The fourth-order valence-electron chi connectivity index (χ4n) is 4.29.